The van der Waals surface area contributed by atoms with Gasteiger partial charge in [0.2, 0.25) is 0 Å². The average molecular weight is 273 g/mol. The summed E-state index contributed by atoms with van der Waals surface area (Å²) in [6.07, 6.45) is 4.93. The molecule has 0 saturated heterocycles. The van der Waals surface area contributed by atoms with Gasteiger partial charge in [-0.1, -0.05) is 39.0 Å². The Bertz CT molecular complexity index is 455. The van der Waals surface area contributed by atoms with Gasteiger partial charge < -0.3 is 5.73 Å². The molecule has 0 aliphatic heterocycles. The molecule has 1 saturated carbocycles. The van der Waals surface area contributed by atoms with Crippen LogP contribution in [0.25, 0.3) is 0 Å². The van der Waals surface area contributed by atoms with Crippen LogP contribution in [0.2, 0.25) is 0 Å². The van der Waals surface area contributed by atoms with Gasteiger partial charge in [0.05, 0.1) is 0 Å². The zero-order valence-corrected chi connectivity index (χ0v) is 13.9. The van der Waals surface area contributed by atoms with Gasteiger partial charge in [-0.25, -0.2) is 0 Å². The fourth-order valence-electron chi connectivity index (χ4n) is 3.54. The maximum atomic E-state index is 6.40. The van der Waals surface area contributed by atoms with Gasteiger partial charge in [-0.2, -0.15) is 0 Å². The predicted octanol–water partition coefficient (Wildman–Crippen LogP) is 4.64. The summed E-state index contributed by atoms with van der Waals surface area (Å²) in [5.74, 6) is 1.47. The van der Waals surface area contributed by atoms with Crippen LogP contribution in [-0.4, -0.2) is 6.04 Å². The monoisotopic (exact) mass is 273 g/mol. The molecule has 1 aromatic carbocycles. The largest absolute Gasteiger partial charge is 0.327 e. The van der Waals surface area contributed by atoms with E-state index in [-0.39, 0.29) is 0 Å². The lowest BCUT2D eigenvalue weighted by Crippen LogP contribution is -2.40. The minimum Gasteiger partial charge on any atom is -0.327 e. The molecule has 0 heterocycles. The average Bonchev–Trinajstić information content (AvgIpc) is 2.35. The zero-order valence-electron chi connectivity index (χ0n) is 13.9. The van der Waals surface area contributed by atoms with Crippen molar-refractivity contribution in [3.63, 3.8) is 0 Å². The standard InChI is InChI=1S/C19H31N/c1-13-6-7-15(10-14(13)2)11-16-12-17(19(3,4)5)8-9-18(16)20/h6-7,10,16-18H,8-9,11-12,20H2,1-5H3. The molecular weight excluding hydrogens is 242 g/mol. The SMILES string of the molecule is Cc1ccc(CC2CC(C(C)(C)C)CCC2N)cc1C. The normalized spacial score (nSPS) is 27.6. The van der Waals surface area contributed by atoms with Crippen molar-refractivity contribution in [1.29, 1.82) is 0 Å². The van der Waals surface area contributed by atoms with Gasteiger partial charge >= 0.3 is 0 Å². The summed E-state index contributed by atoms with van der Waals surface area (Å²) >= 11 is 0. The van der Waals surface area contributed by atoms with Crippen LogP contribution in [0.5, 0.6) is 0 Å². The Kier molecular flexibility index (Phi) is 4.59. The van der Waals surface area contributed by atoms with Gasteiger partial charge in [0.15, 0.2) is 0 Å². The van der Waals surface area contributed by atoms with E-state index in [4.69, 9.17) is 5.73 Å². The van der Waals surface area contributed by atoms with Crippen molar-refractivity contribution in [2.24, 2.45) is 23.0 Å². The first-order valence-corrected chi connectivity index (χ1v) is 8.09. The van der Waals surface area contributed by atoms with Crippen molar-refractivity contribution < 1.29 is 0 Å². The molecule has 112 valence electrons. The summed E-state index contributed by atoms with van der Waals surface area (Å²) < 4.78 is 0. The highest BCUT2D eigenvalue weighted by Gasteiger charge is 2.34. The lowest BCUT2D eigenvalue weighted by atomic mass is 9.66. The van der Waals surface area contributed by atoms with Crippen molar-refractivity contribution in [3.8, 4) is 0 Å². The van der Waals surface area contributed by atoms with Crippen LogP contribution in [0.3, 0.4) is 0 Å². The number of benzene rings is 1. The highest BCUT2D eigenvalue weighted by molar-refractivity contribution is 5.30. The fourth-order valence-corrected chi connectivity index (χ4v) is 3.54. The first kappa shape index (κ1) is 15.6. The summed E-state index contributed by atoms with van der Waals surface area (Å²) in [4.78, 5) is 0. The Morgan fingerprint density at radius 3 is 2.40 bits per heavy atom. The van der Waals surface area contributed by atoms with Crippen LogP contribution >= 0.6 is 0 Å². The van der Waals surface area contributed by atoms with E-state index in [9.17, 15) is 0 Å². The minimum absolute atomic E-state index is 0.384. The van der Waals surface area contributed by atoms with Gasteiger partial charge in [0, 0.05) is 6.04 Å². The van der Waals surface area contributed by atoms with Crippen molar-refractivity contribution in [2.75, 3.05) is 0 Å². The molecule has 0 spiro atoms. The van der Waals surface area contributed by atoms with Crippen LogP contribution in [0.15, 0.2) is 18.2 Å². The van der Waals surface area contributed by atoms with Crippen LogP contribution in [-0.2, 0) is 6.42 Å². The highest BCUT2D eigenvalue weighted by atomic mass is 14.7. The van der Waals surface area contributed by atoms with E-state index >= 15 is 0 Å². The smallest absolute Gasteiger partial charge is 0.00705 e. The molecule has 0 bridgehead atoms. The second-order valence-electron chi connectivity index (χ2n) is 7.92. The number of aryl methyl sites for hydroxylation is 2. The van der Waals surface area contributed by atoms with Crippen LogP contribution < -0.4 is 5.73 Å². The third-order valence-electron chi connectivity index (χ3n) is 5.34. The summed E-state index contributed by atoms with van der Waals surface area (Å²) in [5, 5.41) is 0. The second kappa shape index (κ2) is 5.89. The predicted molar refractivity (Wildman–Crippen MR) is 87.9 cm³/mol. The summed E-state index contributed by atoms with van der Waals surface area (Å²) in [7, 11) is 0. The molecule has 2 N–H and O–H groups in total. The van der Waals surface area contributed by atoms with Crippen LogP contribution in [0.1, 0.15) is 56.7 Å². The number of rotatable bonds is 2. The fraction of sp³-hybridized carbons (Fsp3) is 0.684. The van der Waals surface area contributed by atoms with Crippen molar-refractivity contribution in [2.45, 2.75) is 66.3 Å². The molecule has 0 amide bonds. The number of hydrogen-bond donors (Lipinski definition) is 1. The second-order valence-corrected chi connectivity index (χ2v) is 7.92. The van der Waals surface area contributed by atoms with Gasteiger partial charge in [-0.15, -0.1) is 0 Å². The first-order chi connectivity index (χ1) is 9.27. The molecule has 0 radical (unpaired) electrons. The van der Waals surface area contributed by atoms with Gasteiger partial charge in [0.25, 0.3) is 0 Å². The molecule has 20 heavy (non-hydrogen) atoms. The van der Waals surface area contributed by atoms with Crippen molar-refractivity contribution >= 4 is 0 Å². The summed E-state index contributed by atoms with van der Waals surface area (Å²) in [5.41, 5.74) is 11.1. The van der Waals surface area contributed by atoms with E-state index in [0.29, 0.717) is 17.4 Å². The molecule has 1 nitrogen and oxygen atoms in total. The molecule has 1 fully saturated rings. The lowest BCUT2D eigenvalue weighted by Gasteiger charge is -2.40. The molecule has 3 unspecified atom stereocenters. The molecule has 1 aliphatic rings. The Labute approximate surface area is 125 Å². The molecule has 0 aromatic heterocycles. The topological polar surface area (TPSA) is 26.0 Å². The Morgan fingerprint density at radius 2 is 1.80 bits per heavy atom. The van der Waals surface area contributed by atoms with Crippen molar-refractivity contribution in [1.82, 2.24) is 0 Å². The van der Waals surface area contributed by atoms with E-state index in [1.54, 1.807) is 0 Å². The first-order valence-electron chi connectivity index (χ1n) is 8.09. The van der Waals surface area contributed by atoms with E-state index in [0.717, 1.165) is 12.3 Å². The molecule has 2 rings (SSSR count). The Balaban J connectivity index is 2.08. The van der Waals surface area contributed by atoms with Crippen LogP contribution in [0.4, 0.5) is 0 Å². The third-order valence-corrected chi connectivity index (χ3v) is 5.34. The van der Waals surface area contributed by atoms with Gasteiger partial charge in [-0.05, 0) is 73.5 Å². The maximum absolute atomic E-state index is 6.40. The zero-order chi connectivity index (χ0) is 14.9. The summed E-state index contributed by atoms with van der Waals surface area (Å²) in [6, 6.07) is 7.27. The summed E-state index contributed by atoms with van der Waals surface area (Å²) in [6.45, 7) is 11.5. The minimum atomic E-state index is 0.384. The Hall–Kier alpha value is -0.820. The highest BCUT2D eigenvalue weighted by Crippen LogP contribution is 2.40. The number of hydrogen-bond acceptors (Lipinski definition) is 1. The number of nitrogens with two attached hydrogens (primary N) is 1. The lowest BCUT2D eigenvalue weighted by molar-refractivity contribution is 0.127. The quantitative estimate of drug-likeness (QED) is 0.835. The van der Waals surface area contributed by atoms with Gasteiger partial charge in [0.1, 0.15) is 0 Å². The molecule has 1 aromatic rings. The van der Waals surface area contributed by atoms with Gasteiger partial charge in [-0.3, -0.25) is 0 Å². The van der Waals surface area contributed by atoms with E-state index < -0.39 is 0 Å². The molecule has 3 atom stereocenters. The third kappa shape index (κ3) is 3.63. The van der Waals surface area contributed by atoms with E-state index in [2.05, 4.69) is 52.8 Å². The molecular formula is C19H31N. The Morgan fingerprint density at radius 1 is 1.10 bits per heavy atom. The molecule has 1 aliphatic carbocycles. The van der Waals surface area contributed by atoms with Crippen LogP contribution in [0, 0.1) is 31.1 Å². The molecule has 1 heteroatoms. The maximum Gasteiger partial charge on any atom is 0.00705 e. The van der Waals surface area contributed by atoms with Crippen molar-refractivity contribution in [3.05, 3.63) is 34.9 Å². The van der Waals surface area contributed by atoms with E-state index in [1.807, 2.05) is 0 Å². The van der Waals surface area contributed by atoms with E-state index in [1.165, 1.54) is 36.0 Å².